The molecule has 0 aliphatic heterocycles. The number of aromatic nitrogens is 1. The van der Waals surface area contributed by atoms with Gasteiger partial charge in [0.2, 0.25) is 0 Å². The first-order chi connectivity index (χ1) is 15.1. The molecular weight excluding hydrogens is 450 g/mol. The Balaban J connectivity index is 1.73. The van der Waals surface area contributed by atoms with Crippen LogP contribution in [0.1, 0.15) is 24.2 Å². The van der Waals surface area contributed by atoms with Gasteiger partial charge in [-0.1, -0.05) is 46.3 Å². The summed E-state index contributed by atoms with van der Waals surface area (Å²) in [5.41, 5.74) is 5.30. The first kappa shape index (κ1) is 21.1. The van der Waals surface area contributed by atoms with Crippen molar-refractivity contribution in [1.82, 2.24) is 4.98 Å². The number of hydrogen-bond donors (Lipinski definition) is 1. The fraction of sp³-hybridized carbons (Fsp3) is 0.154. The number of benzene rings is 3. The van der Waals surface area contributed by atoms with Gasteiger partial charge in [0.25, 0.3) is 5.91 Å². The summed E-state index contributed by atoms with van der Waals surface area (Å²) in [6.07, 6.45) is 0. The summed E-state index contributed by atoms with van der Waals surface area (Å²) in [7, 11) is 0. The Morgan fingerprint density at radius 1 is 0.935 bits per heavy atom. The summed E-state index contributed by atoms with van der Waals surface area (Å²) in [5, 5.41) is 4.12. The lowest BCUT2D eigenvalue weighted by molar-refractivity contribution is 0.102. The number of anilines is 2. The summed E-state index contributed by atoms with van der Waals surface area (Å²) in [4.78, 5) is 20.0. The maximum atomic E-state index is 12.7. The molecule has 1 heterocycles. The van der Waals surface area contributed by atoms with Crippen LogP contribution in [0.4, 0.5) is 11.4 Å². The van der Waals surface area contributed by atoms with E-state index >= 15 is 0 Å². The van der Waals surface area contributed by atoms with Crippen molar-refractivity contribution in [1.29, 1.82) is 0 Å². The van der Waals surface area contributed by atoms with Gasteiger partial charge >= 0.3 is 0 Å². The molecule has 0 unspecified atom stereocenters. The van der Waals surface area contributed by atoms with Crippen LogP contribution >= 0.6 is 15.9 Å². The van der Waals surface area contributed by atoms with Crippen molar-refractivity contribution in [2.75, 3.05) is 23.3 Å². The fourth-order valence-corrected chi connectivity index (χ4v) is 3.94. The van der Waals surface area contributed by atoms with E-state index in [1.54, 1.807) is 12.1 Å². The van der Waals surface area contributed by atoms with Gasteiger partial charge in [-0.2, -0.15) is 0 Å². The molecule has 3 aromatic carbocycles. The number of rotatable bonds is 6. The average molecular weight is 474 g/mol. The number of pyridine rings is 1. The minimum atomic E-state index is -0.139. The minimum Gasteiger partial charge on any atom is -0.370 e. The monoisotopic (exact) mass is 473 g/mol. The van der Waals surface area contributed by atoms with Crippen molar-refractivity contribution < 1.29 is 4.79 Å². The number of fused-ring (bicyclic) bond motifs is 1. The number of nitrogens with zero attached hydrogens (tertiary/aromatic N) is 2. The zero-order valence-corrected chi connectivity index (χ0v) is 19.2. The number of carbonyl (C=O) groups excluding carboxylic acids is 1. The average Bonchev–Trinajstić information content (AvgIpc) is 2.80. The summed E-state index contributed by atoms with van der Waals surface area (Å²) in [5.74, 6) is -0.139. The molecule has 0 saturated heterocycles. The lowest BCUT2D eigenvalue weighted by Gasteiger charge is -2.24. The van der Waals surface area contributed by atoms with Gasteiger partial charge in [-0.25, -0.2) is 4.98 Å². The molecule has 0 radical (unpaired) electrons. The number of halogens is 1. The Bertz CT molecular complexity index is 1220. The Labute approximate surface area is 191 Å². The Morgan fingerprint density at radius 2 is 1.68 bits per heavy atom. The van der Waals surface area contributed by atoms with Gasteiger partial charge in [-0.05, 0) is 62.4 Å². The third-order valence-corrected chi connectivity index (χ3v) is 5.84. The summed E-state index contributed by atoms with van der Waals surface area (Å²) < 4.78 is 0.942. The van der Waals surface area contributed by atoms with E-state index in [0.717, 1.165) is 51.1 Å². The normalized spacial score (nSPS) is 10.8. The Morgan fingerprint density at radius 3 is 2.42 bits per heavy atom. The molecule has 0 spiro atoms. The molecular formula is C26H24BrN3O. The number of para-hydroxylation sites is 1. The predicted octanol–water partition coefficient (Wildman–Crippen LogP) is 6.76. The van der Waals surface area contributed by atoms with E-state index in [1.807, 2.05) is 54.6 Å². The molecule has 31 heavy (non-hydrogen) atoms. The van der Waals surface area contributed by atoms with Crippen molar-refractivity contribution in [2.45, 2.75) is 13.8 Å². The second-order valence-electron chi connectivity index (χ2n) is 7.26. The van der Waals surface area contributed by atoms with Crippen LogP contribution < -0.4 is 10.2 Å². The van der Waals surface area contributed by atoms with Gasteiger partial charge in [0.1, 0.15) is 0 Å². The highest BCUT2D eigenvalue weighted by Gasteiger charge is 2.15. The molecule has 156 valence electrons. The van der Waals surface area contributed by atoms with Crippen LogP contribution in [0.5, 0.6) is 0 Å². The highest BCUT2D eigenvalue weighted by atomic mass is 79.9. The molecule has 0 aliphatic carbocycles. The number of carbonyl (C=O) groups is 1. The third kappa shape index (κ3) is 4.62. The van der Waals surface area contributed by atoms with E-state index in [0.29, 0.717) is 5.56 Å². The van der Waals surface area contributed by atoms with Crippen molar-refractivity contribution >= 4 is 44.1 Å². The van der Waals surface area contributed by atoms with E-state index in [-0.39, 0.29) is 5.91 Å². The van der Waals surface area contributed by atoms with Crippen LogP contribution in [0.15, 0.2) is 83.3 Å². The van der Waals surface area contributed by atoms with Gasteiger partial charge in [-0.3, -0.25) is 4.79 Å². The van der Waals surface area contributed by atoms with Crippen LogP contribution in [-0.2, 0) is 0 Å². The van der Waals surface area contributed by atoms with Crippen LogP contribution in [0, 0.1) is 0 Å². The maximum Gasteiger partial charge on any atom is 0.255 e. The Kier molecular flexibility index (Phi) is 6.33. The van der Waals surface area contributed by atoms with E-state index in [1.165, 1.54) is 0 Å². The molecule has 4 aromatic rings. The van der Waals surface area contributed by atoms with Gasteiger partial charge in [0.15, 0.2) is 0 Å². The van der Waals surface area contributed by atoms with Crippen molar-refractivity contribution in [3.63, 3.8) is 0 Å². The SMILES string of the molecule is CCN(CC)c1cc2ccccc2nc1-c1cccc(NC(=O)c2ccc(Br)cc2)c1. The molecule has 0 aliphatic rings. The lowest BCUT2D eigenvalue weighted by atomic mass is 10.1. The summed E-state index contributed by atoms with van der Waals surface area (Å²) >= 11 is 3.40. The standard InChI is InChI=1S/C26H24BrN3O/c1-3-30(4-2)24-17-19-8-5-6-11-23(19)29-25(24)20-9-7-10-22(16-20)28-26(31)18-12-14-21(27)15-13-18/h5-17H,3-4H2,1-2H3,(H,28,31). The quantitative estimate of drug-likeness (QED) is 0.336. The molecule has 0 bridgehead atoms. The largest absolute Gasteiger partial charge is 0.370 e. The molecule has 0 atom stereocenters. The van der Waals surface area contributed by atoms with Gasteiger partial charge in [0, 0.05) is 39.8 Å². The van der Waals surface area contributed by atoms with Gasteiger partial charge in [0.05, 0.1) is 16.9 Å². The minimum absolute atomic E-state index is 0.139. The van der Waals surface area contributed by atoms with Crippen molar-refractivity contribution in [3.8, 4) is 11.3 Å². The Hall–Kier alpha value is -3.18. The zero-order chi connectivity index (χ0) is 21.8. The van der Waals surface area contributed by atoms with Crippen molar-refractivity contribution in [3.05, 3.63) is 88.9 Å². The summed E-state index contributed by atoms with van der Waals surface area (Å²) in [6, 6.07) is 25.6. The first-order valence-corrected chi connectivity index (χ1v) is 11.2. The molecule has 0 fully saturated rings. The highest BCUT2D eigenvalue weighted by Crippen LogP contribution is 2.33. The molecule has 5 heteroatoms. The highest BCUT2D eigenvalue weighted by molar-refractivity contribution is 9.10. The fourth-order valence-electron chi connectivity index (χ4n) is 3.67. The number of amides is 1. The predicted molar refractivity (Wildman–Crippen MR) is 133 cm³/mol. The van der Waals surface area contributed by atoms with Crippen LogP contribution in [-0.4, -0.2) is 24.0 Å². The first-order valence-electron chi connectivity index (χ1n) is 10.4. The van der Waals surface area contributed by atoms with Crippen molar-refractivity contribution in [2.24, 2.45) is 0 Å². The van der Waals surface area contributed by atoms with Crippen LogP contribution in [0.25, 0.3) is 22.2 Å². The molecule has 0 saturated carbocycles. The third-order valence-electron chi connectivity index (χ3n) is 5.31. The molecule has 1 amide bonds. The summed E-state index contributed by atoms with van der Waals surface area (Å²) in [6.45, 7) is 6.09. The van der Waals surface area contributed by atoms with Crippen LogP contribution in [0.2, 0.25) is 0 Å². The molecule has 4 nitrogen and oxygen atoms in total. The molecule has 1 N–H and O–H groups in total. The topological polar surface area (TPSA) is 45.2 Å². The number of nitrogens with one attached hydrogen (secondary N) is 1. The zero-order valence-electron chi connectivity index (χ0n) is 17.6. The van der Waals surface area contributed by atoms with E-state index in [9.17, 15) is 4.79 Å². The van der Waals surface area contributed by atoms with E-state index < -0.39 is 0 Å². The number of hydrogen-bond acceptors (Lipinski definition) is 3. The van der Waals surface area contributed by atoms with E-state index in [4.69, 9.17) is 4.98 Å². The second kappa shape index (κ2) is 9.31. The smallest absolute Gasteiger partial charge is 0.255 e. The second-order valence-corrected chi connectivity index (χ2v) is 8.18. The maximum absolute atomic E-state index is 12.7. The molecule has 1 aromatic heterocycles. The van der Waals surface area contributed by atoms with Gasteiger partial charge < -0.3 is 10.2 Å². The van der Waals surface area contributed by atoms with Crippen LogP contribution in [0.3, 0.4) is 0 Å². The van der Waals surface area contributed by atoms with Gasteiger partial charge in [-0.15, -0.1) is 0 Å². The molecule has 4 rings (SSSR count). The lowest BCUT2D eigenvalue weighted by Crippen LogP contribution is -2.23. The van der Waals surface area contributed by atoms with E-state index in [2.05, 4.69) is 52.1 Å².